The third kappa shape index (κ3) is 6.95. The first-order valence-electron chi connectivity index (χ1n) is 7.19. The molecule has 0 radical (unpaired) electrons. The third-order valence-corrected chi connectivity index (χ3v) is 4.98. The zero-order valence-electron chi connectivity index (χ0n) is 13.0. The van der Waals surface area contributed by atoms with Gasteiger partial charge >= 0.3 is 0 Å². The summed E-state index contributed by atoms with van der Waals surface area (Å²) < 4.78 is 24.3. The predicted octanol–water partition coefficient (Wildman–Crippen LogP) is 0.569. The maximum atomic E-state index is 12.2. The highest BCUT2D eigenvalue weighted by molar-refractivity contribution is 7.88. The molecule has 1 aliphatic heterocycles. The standard InChI is InChI=1S/C13H27N3O3S.ClH/c1-10(2)8-12(9-14)15-13(17)11-4-6-16(7-5-11)20(3,18)19;/h10-12H,4-9,14H2,1-3H3,(H,15,17);1H. The number of carbonyl (C=O) groups is 1. The minimum atomic E-state index is -3.14. The number of nitrogens with zero attached hydrogens (tertiary/aromatic N) is 1. The largest absolute Gasteiger partial charge is 0.352 e. The summed E-state index contributed by atoms with van der Waals surface area (Å²) in [5, 5.41) is 2.99. The molecule has 1 heterocycles. The Morgan fingerprint density at radius 1 is 1.33 bits per heavy atom. The van der Waals surface area contributed by atoms with Gasteiger partial charge in [-0.2, -0.15) is 0 Å². The number of carbonyl (C=O) groups excluding carboxylic acids is 1. The zero-order chi connectivity index (χ0) is 15.3. The molecule has 1 rings (SSSR count). The second kappa shape index (κ2) is 8.92. The number of amides is 1. The van der Waals surface area contributed by atoms with Crippen LogP contribution in [0.4, 0.5) is 0 Å². The van der Waals surface area contributed by atoms with Crippen LogP contribution < -0.4 is 11.1 Å². The second-order valence-corrected chi connectivity index (χ2v) is 7.99. The summed E-state index contributed by atoms with van der Waals surface area (Å²) in [6, 6.07) is 0.00966. The molecule has 3 N–H and O–H groups in total. The molecule has 0 saturated carbocycles. The topological polar surface area (TPSA) is 92.5 Å². The molecule has 1 fully saturated rings. The van der Waals surface area contributed by atoms with Crippen LogP contribution in [0.2, 0.25) is 0 Å². The molecule has 1 atom stereocenters. The van der Waals surface area contributed by atoms with Gasteiger partial charge in [-0.15, -0.1) is 12.4 Å². The molecule has 1 saturated heterocycles. The summed E-state index contributed by atoms with van der Waals surface area (Å²) in [6.45, 7) is 5.48. The van der Waals surface area contributed by atoms with Gasteiger partial charge in [0.15, 0.2) is 0 Å². The van der Waals surface area contributed by atoms with Crippen molar-refractivity contribution in [1.82, 2.24) is 9.62 Å². The van der Waals surface area contributed by atoms with Gasteiger partial charge in [-0.3, -0.25) is 4.79 Å². The third-order valence-electron chi connectivity index (χ3n) is 3.68. The van der Waals surface area contributed by atoms with Crippen molar-refractivity contribution in [3.8, 4) is 0 Å². The molecule has 126 valence electrons. The predicted molar refractivity (Wildman–Crippen MR) is 86.8 cm³/mol. The number of nitrogens with two attached hydrogens (primary N) is 1. The van der Waals surface area contributed by atoms with Gasteiger partial charge in [0.05, 0.1) is 6.26 Å². The lowest BCUT2D eigenvalue weighted by molar-refractivity contribution is -0.126. The maximum Gasteiger partial charge on any atom is 0.223 e. The first-order valence-corrected chi connectivity index (χ1v) is 9.04. The van der Waals surface area contributed by atoms with Gasteiger partial charge < -0.3 is 11.1 Å². The molecule has 8 heteroatoms. The highest BCUT2D eigenvalue weighted by atomic mass is 35.5. The highest BCUT2D eigenvalue weighted by Gasteiger charge is 2.29. The van der Waals surface area contributed by atoms with E-state index in [0.29, 0.717) is 38.4 Å². The van der Waals surface area contributed by atoms with Crippen molar-refractivity contribution in [2.45, 2.75) is 39.2 Å². The summed E-state index contributed by atoms with van der Waals surface area (Å²) in [5.41, 5.74) is 5.68. The molecular formula is C13H28ClN3O3S. The van der Waals surface area contributed by atoms with E-state index >= 15 is 0 Å². The Kier molecular flexibility index (Phi) is 8.77. The van der Waals surface area contributed by atoms with E-state index in [-0.39, 0.29) is 30.3 Å². The Labute approximate surface area is 134 Å². The maximum absolute atomic E-state index is 12.2. The number of sulfonamides is 1. The quantitative estimate of drug-likeness (QED) is 0.738. The Balaban J connectivity index is 0.00000400. The van der Waals surface area contributed by atoms with Gasteiger partial charge in [-0.25, -0.2) is 12.7 Å². The zero-order valence-corrected chi connectivity index (χ0v) is 14.7. The van der Waals surface area contributed by atoms with Gasteiger partial charge in [0.2, 0.25) is 15.9 Å². The van der Waals surface area contributed by atoms with Gasteiger partial charge in [-0.05, 0) is 25.2 Å². The molecule has 6 nitrogen and oxygen atoms in total. The van der Waals surface area contributed by atoms with Crippen molar-refractivity contribution in [2.24, 2.45) is 17.6 Å². The lowest BCUT2D eigenvalue weighted by Crippen LogP contribution is -2.47. The van der Waals surface area contributed by atoms with Crippen LogP contribution in [0, 0.1) is 11.8 Å². The fourth-order valence-corrected chi connectivity index (χ4v) is 3.43. The van der Waals surface area contributed by atoms with Gasteiger partial charge in [-0.1, -0.05) is 13.8 Å². The summed E-state index contributed by atoms with van der Waals surface area (Å²) >= 11 is 0. The molecule has 0 bridgehead atoms. The number of hydrogen-bond acceptors (Lipinski definition) is 4. The van der Waals surface area contributed by atoms with Crippen molar-refractivity contribution >= 4 is 28.3 Å². The minimum Gasteiger partial charge on any atom is -0.352 e. The SMILES string of the molecule is CC(C)CC(CN)NC(=O)C1CCN(S(C)(=O)=O)CC1.Cl. The summed E-state index contributed by atoms with van der Waals surface area (Å²) in [7, 11) is -3.14. The van der Waals surface area contributed by atoms with Crippen LogP contribution in [0.1, 0.15) is 33.1 Å². The van der Waals surface area contributed by atoms with Crippen LogP contribution in [0.15, 0.2) is 0 Å². The summed E-state index contributed by atoms with van der Waals surface area (Å²) in [4.78, 5) is 12.2. The van der Waals surface area contributed by atoms with Crippen LogP contribution in [0.5, 0.6) is 0 Å². The van der Waals surface area contributed by atoms with E-state index in [9.17, 15) is 13.2 Å². The van der Waals surface area contributed by atoms with E-state index in [1.807, 2.05) is 0 Å². The lowest BCUT2D eigenvalue weighted by atomic mass is 9.96. The Morgan fingerprint density at radius 3 is 2.24 bits per heavy atom. The molecule has 0 aromatic heterocycles. The van der Waals surface area contributed by atoms with E-state index in [1.54, 1.807) is 0 Å². The molecule has 21 heavy (non-hydrogen) atoms. The van der Waals surface area contributed by atoms with Crippen LogP contribution in [-0.2, 0) is 14.8 Å². The van der Waals surface area contributed by atoms with Crippen molar-refractivity contribution < 1.29 is 13.2 Å². The van der Waals surface area contributed by atoms with E-state index in [0.717, 1.165) is 6.42 Å². The van der Waals surface area contributed by atoms with Crippen molar-refractivity contribution in [3.63, 3.8) is 0 Å². The molecule has 0 aliphatic carbocycles. The van der Waals surface area contributed by atoms with Crippen molar-refractivity contribution in [3.05, 3.63) is 0 Å². The van der Waals surface area contributed by atoms with Crippen molar-refractivity contribution in [1.29, 1.82) is 0 Å². The fraction of sp³-hybridized carbons (Fsp3) is 0.923. The first-order chi connectivity index (χ1) is 9.24. The summed E-state index contributed by atoms with van der Waals surface area (Å²) in [6.07, 6.45) is 3.24. The summed E-state index contributed by atoms with van der Waals surface area (Å²) in [5.74, 6) is 0.388. The van der Waals surface area contributed by atoms with E-state index in [1.165, 1.54) is 10.6 Å². The lowest BCUT2D eigenvalue weighted by Gasteiger charge is -2.30. The van der Waals surface area contributed by atoms with Gasteiger partial charge in [0.1, 0.15) is 0 Å². The normalized spacial score (nSPS) is 19.1. The number of piperidine rings is 1. The Bertz CT molecular complexity index is 420. The van der Waals surface area contributed by atoms with E-state index in [2.05, 4.69) is 19.2 Å². The van der Waals surface area contributed by atoms with E-state index in [4.69, 9.17) is 5.73 Å². The molecule has 1 unspecified atom stereocenters. The second-order valence-electron chi connectivity index (χ2n) is 6.01. The molecule has 1 amide bonds. The Morgan fingerprint density at radius 2 is 1.86 bits per heavy atom. The highest BCUT2D eigenvalue weighted by Crippen LogP contribution is 2.19. The van der Waals surface area contributed by atoms with Crippen LogP contribution in [0.25, 0.3) is 0 Å². The van der Waals surface area contributed by atoms with Crippen LogP contribution in [-0.4, -0.2) is 50.6 Å². The van der Waals surface area contributed by atoms with Gasteiger partial charge in [0.25, 0.3) is 0 Å². The molecular weight excluding hydrogens is 314 g/mol. The minimum absolute atomic E-state index is 0. The molecule has 0 aromatic rings. The van der Waals surface area contributed by atoms with Crippen molar-refractivity contribution in [2.75, 3.05) is 25.9 Å². The molecule has 0 spiro atoms. The molecule has 1 aliphatic rings. The number of halogens is 1. The number of rotatable bonds is 6. The molecule has 0 aromatic carbocycles. The van der Waals surface area contributed by atoms with Crippen LogP contribution >= 0.6 is 12.4 Å². The smallest absolute Gasteiger partial charge is 0.223 e. The fourth-order valence-electron chi connectivity index (χ4n) is 2.55. The average molecular weight is 342 g/mol. The number of nitrogens with one attached hydrogen (secondary N) is 1. The van der Waals surface area contributed by atoms with Gasteiger partial charge in [0, 0.05) is 31.6 Å². The number of hydrogen-bond donors (Lipinski definition) is 2. The monoisotopic (exact) mass is 341 g/mol. The van der Waals surface area contributed by atoms with E-state index < -0.39 is 10.0 Å². The average Bonchev–Trinajstić information content (AvgIpc) is 2.36. The Hall–Kier alpha value is -0.370. The first kappa shape index (κ1) is 20.6. The van der Waals surface area contributed by atoms with Crippen LogP contribution in [0.3, 0.4) is 0 Å².